The van der Waals surface area contributed by atoms with Gasteiger partial charge in [0.25, 0.3) is 0 Å². The maximum Gasteiger partial charge on any atom is 1.00 e. The molecule has 29 heavy (non-hydrogen) atoms. The van der Waals surface area contributed by atoms with Gasteiger partial charge in [0.1, 0.15) is 11.5 Å². The third-order valence-corrected chi connectivity index (χ3v) is 4.75. The smallest absolute Gasteiger partial charge is 0.748 e. The summed E-state index contributed by atoms with van der Waals surface area (Å²) in [6.45, 7) is -0.00480. The molecule has 0 amide bonds. The van der Waals surface area contributed by atoms with Crippen molar-refractivity contribution in [3.05, 3.63) is 47.5 Å². The summed E-state index contributed by atoms with van der Waals surface area (Å²) < 4.78 is 41.8. The summed E-state index contributed by atoms with van der Waals surface area (Å²) in [6.07, 6.45) is 0.528. The van der Waals surface area contributed by atoms with E-state index in [-0.39, 0.29) is 99.4 Å². The Balaban J connectivity index is 0.00000420. The van der Waals surface area contributed by atoms with E-state index >= 15 is 0 Å². The monoisotopic (exact) mass is 448 g/mol. The maximum atomic E-state index is 12.3. The summed E-state index contributed by atoms with van der Waals surface area (Å²) in [5.41, 5.74) is 0.881. The standard InChI is InChI=1S/C19H22O8S.K/c1-26-19-8-4-13(11-18(19)22)3-7-16(20)15-6-5-14(12-17(15)21)27-9-2-10-28(23,24)25;/h4-6,8,11-12,21-22H,2-3,7,9-10H2,1H3,(H,23,24,25);/q;+1/p-1. The van der Waals surface area contributed by atoms with E-state index < -0.39 is 15.9 Å². The summed E-state index contributed by atoms with van der Waals surface area (Å²) in [4.78, 5) is 12.3. The SMILES string of the molecule is COc1ccc(CCC(=O)c2ccc(OCCCS(=O)(=O)[O-])cc2O)cc1O.[K+]. The number of ketones is 1. The molecular formula is C19H21KO8S. The Kier molecular flexibility index (Phi) is 10.6. The van der Waals surface area contributed by atoms with Gasteiger partial charge in [0.2, 0.25) is 0 Å². The van der Waals surface area contributed by atoms with Crippen molar-refractivity contribution >= 4 is 15.9 Å². The maximum absolute atomic E-state index is 12.3. The molecule has 0 saturated heterocycles. The number of benzene rings is 2. The van der Waals surface area contributed by atoms with Gasteiger partial charge in [0.05, 0.1) is 29.4 Å². The van der Waals surface area contributed by atoms with Crippen LogP contribution in [0.5, 0.6) is 23.0 Å². The van der Waals surface area contributed by atoms with E-state index in [9.17, 15) is 28.0 Å². The zero-order valence-corrected chi connectivity index (χ0v) is 20.2. The molecule has 0 aliphatic rings. The molecule has 0 aliphatic heterocycles. The van der Waals surface area contributed by atoms with Crippen molar-refractivity contribution in [1.29, 1.82) is 0 Å². The normalized spacial score (nSPS) is 10.8. The fraction of sp³-hybridized carbons (Fsp3) is 0.316. The molecule has 0 aliphatic carbocycles. The van der Waals surface area contributed by atoms with Crippen LogP contribution >= 0.6 is 0 Å². The number of carbonyl (C=O) groups is 1. The molecule has 152 valence electrons. The minimum atomic E-state index is -4.29. The van der Waals surface area contributed by atoms with E-state index in [0.717, 1.165) is 5.56 Å². The number of hydrogen-bond donors (Lipinski definition) is 2. The fourth-order valence-corrected chi connectivity index (χ4v) is 3.02. The number of aromatic hydroxyl groups is 2. The molecule has 0 fully saturated rings. The molecule has 2 rings (SSSR count). The van der Waals surface area contributed by atoms with Gasteiger partial charge in [0, 0.05) is 18.2 Å². The second-order valence-electron chi connectivity index (χ2n) is 6.07. The van der Waals surface area contributed by atoms with Crippen LogP contribution in [0.3, 0.4) is 0 Å². The van der Waals surface area contributed by atoms with E-state index in [1.54, 1.807) is 12.1 Å². The van der Waals surface area contributed by atoms with Crippen LogP contribution in [0.15, 0.2) is 36.4 Å². The van der Waals surface area contributed by atoms with Gasteiger partial charge in [-0.15, -0.1) is 0 Å². The number of methoxy groups -OCH3 is 1. The van der Waals surface area contributed by atoms with E-state index in [1.807, 2.05) is 0 Å². The van der Waals surface area contributed by atoms with E-state index in [1.165, 1.54) is 31.4 Å². The van der Waals surface area contributed by atoms with Gasteiger partial charge < -0.3 is 24.2 Å². The number of phenolic OH excluding ortho intramolecular Hbond substituents is 2. The van der Waals surface area contributed by atoms with Crippen LogP contribution in [0.1, 0.15) is 28.8 Å². The molecular weight excluding hydrogens is 427 g/mol. The first-order valence-corrected chi connectivity index (χ1v) is 10.1. The van der Waals surface area contributed by atoms with Gasteiger partial charge in [-0.25, -0.2) is 8.42 Å². The molecule has 0 spiro atoms. The van der Waals surface area contributed by atoms with Gasteiger partial charge >= 0.3 is 51.4 Å². The van der Waals surface area contributed by atoms with Crippen molar-refractivity contribution < 1.29 is 88.8 Å². The first-order valence-electron chi connectivity index (χ1n) is 8.48. The van der Waals surface area contributed by atoms with Crippen molar-refractivity contribution in [2.75, 3.05) is 19.5 Å². The van der Waals surface area contributed by atoms with E-state index in [2.05, 4.69) is 0 Å². The molecule has 0 unspecified atom stereocenters. The largest absolute Gasteiger partial charge is 1.00 e. The Morgan fingerprint density at radius 2 is 1.83 bits per heavy atom. The van der Waals surface area contributed by atoms with Crippen LogP contribution in [0, 0.1) is 0 Å². The minimum absolute atomic E-state index is 0. The molecule has 2 aromatic rings. The average molecular weight is 449 g/mol. The Bertz CT molecular complexity index is 943. The molecule has 0 bridgehead atoms. The zero-order chi connectivity index (χ0) is 20.7. The van der Waals surface area contributed by atoms with Crippen LogP contribution < -0.4 is 60.9 Å². The van der Waals surface area contributed by atoms with Crippen molar-refractivity contribution in [2.24, 2.45) is 0 Å². The molecule has 10 heteroatoms. The molecule has 0 radical (unpaired) electrons. The molecule has 0 heterocycles. The fourth-order valence-electron chi connectivity index (χ4n) is 2.55. The van der Waals surface area contributed by atoms with Crippen molar-refractivity contribution in [3.63, 3.8) is 0 Å². The average Bonchev–Trinajstić information content (AvgIpc) is 2.63. The quantitative estimate of drug-likeness (QED) is 0.210. The molecule has 2 N–H and O–H groups in total. The molecule has 0 saturated carbocycles. The van der Waals surface area contributed by atoms with Crippen LogP contribution in [0.2, 0.25) is 0 Å². The summed E-state index contributed by atoms with van der Waals surface area (Å²) in [6, 6.07) is 9.03. The van der Waals surface area contributed by atoms with Gasteiger partial charge in [-0.05, 0) is 42.7 Å². The van der Waals surface area contributed by atoms with Crippen molar-refractivity contribution in [1.82, 2.24) is 0 Å². The summed E-state index contributed by atoms with van der Waals surface area (Å²) in [5.74, 6) is -0.472. The Hall–Kier alpha value is -1.14. The topological polar surface area (TPSA) is 133 Å². The summed E-state index contributed by atoms with van der Waals surface area (Å²) in [7, 11) is -2.84. The van der Waals surface area contributed by atoms with Crippen LogP contribution in [-0.2, 0) is 16.5 Å². The number of carbonyl (C=O) groups excluding carboxylic acids is 1. The minimum Gasteiger partial charge on any atom is -0.748 e. The Morgan fingerprint density at radius 1 is 1.10 bits per heavy atom. The zero-order valence-electron chi connectivity index (χ0n) is 16.3. The molecule has 2 aromatic carbocycles. The van der Waals surface area contributed by atoms with E-state index in [0.29, 0.717) is 12.2 Å². The van der Waals surface area contributed by atoms with Gasteiger partial charge in [-0.3, -0.25) is 4.79 Å². The van der Waals surface area contributed by atoms with Crippen LogP contribution in [0.25, 0.3) is 0 Å². The van der Waals surface area contributed by atoms with E-state index in [4.69, 9.17) is 9.47 Å². The van der Waals surface area contributed by atoms with Gasteiger partial charge in [-0.1, -0.05) is 6.07 Å². The summed E-state index contributed by atoms with van der Waals surface area (Å²) in [5, 5.41) is 19.8. The van der Waals surface area contributed by atoms with Crippen LogP contribution in [-0.4, -0.2) is 48.4 Å². The Labute approximate surface area is 212 Å². The third-order valence-electron chi connectivity index (χ3n) is 3.96. The predicted molar refractivity (Wildman–Crippen MR) is 100 cm³/mol. The number of rotatable bonds is 10. The molecule has 0 aromatic heterocycles. The van der Waals surface area contributed by atoms with Crippen LogP contribution in [0.4, 0.5) is 0 Å². The third kappa shape index (κ3) is 8.63. The van der Waals surface area contributed by atoms with Gasteiger partial charge in [0.15, 0.2) is 17.3 Å². The van der Waals surface area contributed by atoms with Gasteiger partial charge in [-0.2, -0.15) is 0 Å². The first kappa shape index (κ1) is 25.9. The summed E-state index contributed by atoms with van der Waals surface area (Å²) >= 11 is 0. The number of ether oxygens (including phenoxy) is 2. The first-order chi connectivity index (χ1) is 13.2. The van der Waals surface area contributed by atoms with Crippen molar-refractivity contribution in [2.45, 2.75) is 19.3 Å². The number of aryl methyl sites for hydroxylation is 1. The second kappa shape index (κ2) is 11.9. The predicted octanol–water partition coefficient (Wildman–Crippen LogP) is -0.760. The number of hydrogen-bond acceptors (Lipinski definition) is 8. The second-order valence-corrected chi connectivity index (χ2v) is 7.60. The Morgan fingerprint density at radius 3 is 2.41 bits per heavy atom. The van der Waals surface area contributed by atoms with Crippen molar-refractivity contribution in [3.8, 4) is 23.0 Å². The molecule has 0 atom stereocenters. The molecule has 8 nitrogen and oxygen atoms in total. The number of phenols is 2. The number of Topliss-reactive ketones (excluding diaryl/α,β-unsaturated/α-hetero) is 1.